The number of nitrogens with zero attached hydrogens (tertiary/aromatic N) is 2. The van der Waals surface area contributed by atoms with Gasteiger partial charge in [-0.3, -0.25) is 0 Å². The summed E-state index contributed by atoms with van der Waals surface area (Å²) in [6, 6.07) is 6.32. The molecule has 104 valence electrons. The van der Waals surface area contributed by atoms with E-state index in [9.17, 15) is 0 Å². The highest BCUT2D eigenvalue weighted by Gasteiger charge is 2.18. The summed E-state index contributed by atoms with van der Waals surface area (Å²) >= 11 is 0. The van der Waals surface area contributed by atoms with Crippen LogP contribution in [0.2, 0.25) is 0 Å². The quantitative estimate of drug-likeness (QED) is 0.909. The zero-order valence-corrected chi connectivity index (χ0v) is 12.2. The summed E-state index contributed by atoms with van der Waals surface area (Å²) in [5.74, 6) is 1.45. The molecule has 3 rings (SSSR count). The Balaban J connectivity index is 2.11. The summed E-state index contributed by atoms with van der Waals surface area (Å²) in [5.41, 5.74) is 5.77. The molecule has 0 spiro atoms. The Bertz CT molecular complexity index is 635. The van der Waals surface area contributed by atoms with Gasteiger partial charge < -0.3 is 10.1 Å². The van der Waals surface area contributed by atoms with Crippen LogP contribution in [0.3, 0.4) is 0 Å². The van der Waals surface area contributed by atoms with E-state index in [0.717, 1.165) is 42.2 Å². The maximum atomic E-state index is 5.44. The van der Waals surface area contributed by atoms with Gasteiger partial charge in [0.05, 0.1) is 12.8 Å². The lowest BCUT2D eigenvalue weighted by Gasteiger charge is -2.19. The van der Waals surface area contributed by atoms with E-state index in [1.54, 1.807) is 7.11 Å². The summed E-state index contributed by atoms with van der Waals surface area (Å²) in [5, 5.41) is 3.33. The second-order valence-corrected chi connectivity index (χ2v) is 5.21. The predicted octanol–water partition coefficient (Wildman–Crippen LogP) is 2.41. The van der Waals surface area contributed by atoms with Crippen molar-refractivity contribution < 1.29 is 4.74 Å². The third kappa shape index (κ3) is 2.27. The highest BCUT2D eigenvalue weighted by molar-refractivity contribution is 5.59. The van der Waals surface area contributed by atoms with E-state index < -0.39 is 0 Å². The number of aryl methyl sites for hydroxylation is 2. The number of fused-ring (bicyclic) bond motifs is 1. The molecular formula is C16H19N3O. The summed E-state index contributed by atoms with van der Waals surface area (Å²) in [7, 11) is 1.67. The molecule has 1 aromatic carbocycles. The van der Waals surface area contributed by atoms with Crippen molar-refractivity contribution in [3.05, 3.63) is 40.6 Å². The van der Waals surface area contributed by atoms with Crippen LogP contribution in [0.15, 0.2) is 18.2 Å². The second-order valence-electron chi connectivity index (χ2n) is 5.21. The van der Waals surface area contributed by atoms with Crippen LogP contribution in [0.5, 0.6) is 5.88 Å². The molecule has 0 radical (unpaired) electrons. The van der Waals surface area contributed by atoms with Crippen molar-refractivity contribution in [3.8, 4) is 17.3 Å². The molecule has 4 nitrogen and oxygen atoms in total. The molecule has 1 aliphatic rings. The van der Waals surface area contributed by atoms with Gasteiger partial charge in [-0.05, 0) is 31.0 Å². The standard InChI is InChI=1S/C16H19N3O/c1-10-4-5-12(8-11(10)2)15-18-14-6-7-17-9-13(14)16(19-15)20-3/h4-5,8,17H,6-7,9H2,1-3H3. The van der Waals surface area contributed by atoms with Crippen LogP contribution < -0.4 is 10.1 Å². The molecule has 0 bridgehead atoms. The molecule has 0 atom stereocenters. The number of aromatic nitrogens is 2. The Labute approximate surface area is 119 Å². The Kier molecular flexibility index (Phi) is 3.40. The van der Waals surface area contributed by atoms with Gasteiger partial charge in [-0.1, -0.05) is 12.1 Å². The monoisotopic (exact) mass is 269 g/mol. The third-order valence-corrected chi connectivity index (χ3v) is 3.85. The zero-order valence-electron chi connectivity index (χ0n) is 12.2. The molecule has 0 unspecified atom stereocenters. The molecule has 2 aromatic rings. The first-order valence-electron chi connectivity index (χ1n) is 6.91. The summed E-state index contributed by atoms with van der Waals surface area (Å²) < 4.78 is 5.44. The van der Waals surface area contributed by atoms with Crippen LogP contribution in [-0.2, 0) is 13.0 Å². The van der Waals surface area contributed by atoms with Crippen LogP contribution in [0.4, 0.5) is 0 Å². The fourth-order valence-electron chi connectivity index (χ4n) is 2.49. The van der Waals surface area contributed by atoms with Gasteiger partial charge in [0, 0.05) is 30.6 Å². The Morgan fingerprint density at radius 1 is 1.15 bits per heavy atom. The van der Waals surface area contributed by atoms with E-state index in [-0.39, 0.29) is 0 Å². The minimum absolute atomic E-state index is 0.690. The normalized spacial score (nSPS) is 13.9. The minimum atomic E-state index is 0.690. The van der Waals surface area contributed by atoms with Crippen LogP contribution in [0.1, 0.15) is 22.4 Å². The van der Waals surface area contributed by atoms with E-state index in [1.165, 1.54) is 11.1 Å². The summed E-state index contributed by atoms with van der Waals surface area (Å²) in [6.45, 7) is 5.96. The van der Waals surface area contributed by atoms with Gasteiger partial charge in [0.15, 0.2) is 5.82 Å². The molecule has 0 amide bonds. The van der Waals surface area contributed by atoms with Gasteiger partial charge >= 0.3 is 0 Å². The van der Waals surface area contributed by atoms with Crippen molar-refractivity contribution in [2.24, 2.45) is 0 Å². The van der Waals surface area contributed by atoms with Gasteiger partial charge in [-0.2, -0.15) is 4.98 Å². The highest BCUT2D eigenvalue weighted by atomic mass is 16.5. The Morgan fingerprint density at radius 2 is 2.00 bits per heavy atom. The SMILES string of the molecule is COc1nc(-c2ccc(C)c(C)c2)nc2c1CNCC2. The van der Waals surface area contributed by atoms with E-state index in [0.29, 0.717) is 5.88 Å². The maximum absolute atomic E-state index is 5.44. The molecule has 1 N–H and O–H groups in total. The van der Waals surface area contributed by atoms with E-state index in [1.807, 2.05) is 0 Å². The fraction of sp³-hybridized carbons (Fsp3) is 0.375. The van der Waals surface area contributed by atoms with Gasteiger partial charge in [-0.25, -0.2) is 4.98 Å². The van der Waals surface area contributed by atoms with Gasteiger partial charge in [0.2, 0.25) is 5.88 Å². The van der Waals surface area contributed by atoms with Crippen molar-refractivity contribution in [2.45, 2.75) is 26.8 Å². The zero-order chi connectivity index (χ0) is 14.1. The van der Waals surface area contributed by atoms with Crippen LogP contribution in [0.25, 0.3) is 11.4 Å². The molecule has 4 heteroatoms. The summed E-state index contributed by atoms with van der Waals surface area (Å²) in [4.78, 5) is 9.30. The maximum Gasteiger partial charge on any atom is 0.221 e. The average Bonchev–Trinajstić information content (AvgIpc) is 2.49. The van der Waals surface area contributed by atoms with Crippen LogP contribution >= 0.6 is 0 Å². The van der Waals surface area contributed by atoms with Crippen LogP contribution in [0, 0.1) is 13.8 Å². The lowest BCUT2D eigenvalue weighted by molar-refractivity contribution is 0.386. The number of hydrogen-bond acceptors (Lipinski definition) is 4. The number of methoxy groups -OCH3 is 1. The minimum Gasteiger partial charge on any atom is -0.481 e. The molecular weight excluding hydrogens is 250 g/mol. The van der Waals surface area contributed by atoms with Gasteiger partial charge in [0.25, 0.3) is 0 Å². The Hall–Kier alpha value is -1.94. The van der Waals surface area contributed by atoms with Crippen molar-refractivity contribution in [1.82, 2.24) is 15.3 Å². The molecule has 0 fully saturated rings. The largest absolute Gasteiger partial charge is 0.481 e. The van der Waals surface area contributed by atoms with E-state index >= 15 is 0 Å². The molecule has 0 saturated heterocycles. The lowest BCUT2D eigenvalue weighted by Crippen LogP contribution is -2.25. The lowest BCUT2D eigenvalue weighted by atomic mass is 10.0. The molecule has 0 aliphatic carbocycles. The molecule has 0 saturated carbocycles. The van der Waals surface area contributed by atoms with Crippen molar-refractivity contribution in [1.29, 1.82) is 0 Å². The Morgan fingerprint density at radius 3 is 2.75 bits per heavy atom. The topological polar surface area (TPSA) is 47.0 Å². The first-order chi connectivity index (χ1) is 9.69. The molecule has 1 aromatic heterocycles. The average molecular weight is 269 g/mol. The first kappa shape index (κ1) is 13.1. The predicted molar refractivity (Wildman–Crippen MR) is 78.9 cm³/mol. The van der Waals surface area contributed by atoms with E-state index in [4.69, 9.17) is 9.72 Å². The van der Waals surface area contributed by atoms with Crippen molar-refractivity contribution >= 4 is 0 Å². The highest BCUT2D eigenvalue weighted by Crippen LogP contribution is 2.26. The van der Waals surface area contributed by atoms with E-state index in [2.05, 4.69) is 42.3 Å². The molecule has 1 aliphatic heterocycles. The third-order valence-electron chi connectivity index (χ3n) is 3.85. The second kappa shape index (κ2) is 5.21. The molecule has 2 heterocycles. The number of benzene rings is 1. The fourth-order valence-corrected chi connectivity index (χ4v) is 2.49. The van der Waals surface area contributed by atoms with Gasteiger partial charge in [-0.15, -0.1) is 0 Å². The smallest absolute Gasteiger partial charge is 0.221 e. The molecule has 20 heavy (non-hydrogen) atoms. The summed E-state index contributed by atoms with van der Waals surface area (Å²) in [6.07, 6.45) is 0.923. The first-order valence-corrected chi connectivity index (χ1v) is 6.91. The number of nitrogens with one attached hydrogen (secondary N) is 1. The van der Waals surface area contributed by atoms with Crippen molar-refractivity contribution in [3.63, 3.8) is 0 Å². The van der Waals surface area contributed by atoms with Gasteiger partial charge in [0.1, 0.15) is 0 Å². The number of rotatable bonds is 2. The van der Waals surface area contributed by atoms with Crippen LogP contribution in [-0.4, -0.2) is 23.6 Å². The number of ether oxygens (including phenoxy) is 1. The van der Waals surface area contributed by atoms with Crippen molar-refractivity contribution in [2.75, 3.05) is 13.7 Å². The number of hydrogen-bond donors (Lipinski definition) is 1.